The maximum absolute atomic E-state index is 13.2. The van der Waals surface area contributed by atoms with Crippen LogP contribution >= 0.6 is 0 Å². The molecule has 2 rings (SSSR count). The molecular weight excluding hydrogens is 328 g/mol. The molecule has 0 spiro atoms. The number of rotatable bonds is 4. The van der Waals surface area contributed by atoms with Crippen molar-refractivity contribution >= 4 is 11.5 Å². The van der Waals surface area contributed by atoms with Crippen LogP contribution < -0.4 is 15.2 Å². The van der Waals surface area contributed by atoms with Crippen LogP contribution in [0, 0.1) is 0 Å². The molecule has 0 radical (unpaired) electrons. The monoisotopic (exact) mass is 360 g/mol. The highest BCUT2D eigenvalue weighted by atomic mass is 16.5. The lowest BCUT2D eigenvalue weighted by Gasteiger charge is -2.54. The number of carbonyl (C=O) groups excluding carboxylic acids is 1. The van der Waals surface area contributed by atoms with Gasteiger partial charge in [0.05, 0.1) is 14.2 Å². The number of methoxy groups -OCH3 is 2. The predicted molar refractivity (Wildman–Crippen MR) is 105 cm³/mol. The van der Waals surface area contributed by atoms with Crippen LogP contribution in [0.2, 0.25) is 0 Å². The molecule has 1 heterocycles. The van der Waals surface area contributed by atoms with Crippen molar-refractivity contribution in [3.05, 3.63) is 29.8 Å². The third-order valence-corrected chi connectivity index (χ3v) is 5.13. The zero-order valence-electron chi connectivity index (χ0n) is 17.1. The lowest BCUT2D eigenvalue weighted by atomic mass is 9.77. The van der Waals surface area contributed by atoms with E-state index in [2.05, 4.69) is 27.7 Å². The number of ether oxygens (including phenoxy) is 2. The smallest absolute Gasteiger partial charge is 0.247 e. The van der Waals surface area contributed by atoms with Crippen LogP contribution in [0.25, 0.3) is 5.57 Å². The Morgan fingerprint density at radius 3 is 2.23 bits per heavy atom. The minimum absolute atomic E-state index is 0.00210. The van der Waals surface area contributed by atoms with Crippen LogP contribution in [0.4, 0.5) is 0 Å². The Balaban J connectivity index is 2.38. The molecule has 2 N–H and O–H groups in total. The second-order valence-electron chi connectivity index (χ2n) is 8.36. The summed E-state index contributed by atoms with van der Waals surface area (Å²) < 4.78 is 10.7. The van der Waals surface area contributed by atoms with Gasteiger partial charge in [-0.2, -0.15) is 0 Å². The van der Waals surface area contributed by atoms with Crippen molar-refractivity contribution < 1.29 is 14.3 Å². The first kappa shape index (κ1) is 20.3. The molecule has 5 heteroatoms. The predicted octanol–water partition coefficient (Wildman–Crippen LogP) is 3.61. The Bertz CT molecular complexity index is 689. The van der Waals surface area contributed by atoms with E-state index in [1.54, 1.807) is 20.3 Å². The number of allylic oxidation sites excluding steroid dienone is 1. The molecule has 0 unspecified atom stereocenters. The summed E-state index contributed by atoms with van der Waals surface area (Å²) in [6, 6.07) is 5.72. The van der Waals surface area contributed by atoms with Crippen molar-refractivity contribution in [2.75, 3.05) is 14.2 Å². The molecule has 5 nitrogen and oxygen atoms in total. The summed E-state index contributed by atoms with van der Waals surface area (Å²) in [7, 11) is 3.23. The normalized spacial score (nSPS) is 20.0. The minimum Gasteiger partial charge on any atom is -0.497 e. The van der Waals surface area contributed by atoms with Gasteiger partial charge in [-0.3, -0.25) is 4.79 Å². The number of hydrogen-bond donors (Lipinski definition) is 1. The van der Waals surface area contributed by atoms with Gasteiger partial charge in [-0.15, -0.1) is 0 Å². The summed E-state index contributed by atoms with van der Waals surface area (Å²) in [5, 5.41) is 0. The molecular formula is C21H32N2O3. The topological polar surface area (TPSA) is 64.8 Å². The zero-order valence-corrected chi connectivity index (χ0v) is 17.1. The molecule has 144 valence electrons. The standard InChI is InChI=1S/C21H32N2O3/c1-14(17-9-8-16(25-6)11-18(17)26-7)10-19(24)23-20(2,3)12-15(22)13-21(23,4)5/h8-11,15H,12-13,22H2,1-7H3/b14-10+. The third-order valence-electron chi connectivity index (χ3n) is 5.13. The second kappa shape index (κ2) is 7.31. The molecule has 1 saturated heterocycles. The minimum atomic E-state index is -0.293. The Labute approximate surface area is 157 Å². The van der Waals surface area contributed by atoms with Crippen LogP contribution in [-0.4, -0.2) is 42.1 Å². The summed E-state index contributed by atoms with van der Waals surface area (Å²) in [6.07, 6.45) is 3.28. The van der Waals surface area contributed by atoms with Gasteiger partial charge in [0, 0.05) is 34.8 Å². The van der Waals surface area contributed by atoms with Crippen molar-refractivity contribution in [1.29, 1.82) is 0 Å². The molecule has 0 aromatic heterocycles. The first-order valence-corrected chi connectivity index (χ1v) is 9.02. The van der Waals surface area contributed by atoms with Gasteiger partial charge in [-0.25, -0.2) is 0 Å². The molecule has 26 heavy (non-hydrogen) atoms. The van der Waals surface area contributed by atoms with Gasteiger partial charge in [0.1, 0.15) is 11.5 Å². The summed E-state index contributed by atoms with van der Waals surface area (Å²) in [4.78, 5) is 15.2. The second-order valence-corrected chi connectivity index (χ2v) is 8.36. The quantitative estimate of drug-likeness (QED) is 0.833. The average molecular weight is 360 g/mol. The number of benzene rings is 1. The molecule has 1 aliphatic heterocycles. The fourth-order valence-electron chi connectivity index (χ4n) is 4.41. The zero-order chi connectivity index (χ0) is 19.7. The van der Waals surface area contributed by atoms with E-state index in [1.165, 1.54) is 0 Å². The summed E-state index contributed by atoms with van der Waals surface area (Å²) >= 11 is 0. The highest BCUT2D eigenvalue weighted by molar-refractivity contribution is 5.96. The first-order valence-electron chi connectivity index (χ1n) is 9.02. The van der Waals surface area contributed by atoms with Gasteiger partial charge < -0.3 is 20.1 Å². The summed E-state index contributed by atoms with van der Waals surface area (Å²) in [5.41, 5.74) is 7.38. The largest absolute Gasteiger partial charge is 0.497 e. The van der Waals surface area contributed by atoms with Crippen molar-refractivity contribution in [1.82, 2.24) is 4.90 Å². The fraction of sp³-hybridized carbons (Fsp3) is 0.571. The first-order chi connectivity index (χ1) is 12.0. The van der Waals surface area contributed by atoms with Gasteiger partial charge in [0.15, 0.2) is 0 Å². The van der Waals surface area contributed by atoms with E-state index >= 15 is 0 Å². The number of likely N-dealkylation sites (tertiary alicyclic amines) is 1. The number of carbonyl (C=O) groups is 1. The van der Waals surface area contributed by atoms with E-state index in [4.69, 9.17) is 15.2 Å². The molecule has 0 bridgehead atoms. The average Bonchev–Trinajstić information content (AvgIpc) is 2.50. The van der Waals surface area contributed by atoms with Crippen molar-refractivity contribution in [3.63, 3.8) is 0 Å². The molecule has 0 aliphatic carbocycles. The maximum Gasteiger partial charge on any atom is 0.247 e. The number of piperidine rings is 1. The maximum atomic E-state index is 13.2. The number of nitrogens with two attached hydrogens (primary N) is 1. The highest BCUT2D eigenvalue weighted by Crippen LogP contribution is 2.38. The van der Waals surface area contributed by atoms with E-state index in [0.717, 1.165) is 29.7 Å². The lowest BCUT2D eigenvalue weighted by Crippen LogP contribution is -2.64. The van der Waals surface area contributed by atoms with Gasteiger partial charge >= 0.3 is 0 Å². The lowest BCUT2D eigenvalue weighted by molar-refractivity contribution is -0.143. The number of hydrogen-bond acceptors (Lipinski definition) is 4. The van der Waals surface area contributed by atoms with Crippen molar-refractivity contribution in [2.45, 2.75) is 64.6 Å². The molecule has 0 saturated carbocycles. The fourth-order valence-corrected chi connectivity index (χ4v) is 4.41. The third kappa shape index (κ3) is 4.04. The summed E-state index contributed by atoms with van der Waals surface area (Å²) in [5.74, 6) is 1.41. The van der Waals surface area contributed by atoms with Crippen molar-refractivity contribution in [2.24, 2.45) is 5.73 Å². The summed E-state index contributed by atoms with van der Waals surface area (Å²) in [6.45, 7) is 10.3. The van der Waals surface area contributed by atoms with E-state index < -0.39 is 0 Å². The van der Waals surface area contributed by atoms with Crippen LogP contribution in [0.15, 0.2) is 24.3 Å². The van der Waals surface area contributed by atoms with Gasteiger partial charge in [-0.05, 0) is 65.2 Å². The van der Waals surface area contributed by atoms with E-state index in [-0.39, 0.29) is 23.0 Å². The van der Waals surface area contributed by atoms with Crippen LogP contribution in [0.5, 0.6) is 11.5 Å². The van der Waals surface area contributed by atoms with E-state index in [1.807, 2.05) is 30.0 Å². The van der Waals surface area contributed by atoms with Crippen LogP contribution in [0.1, 0.15) is 53.0 Å². The number of amides is 1. The highest BCUT2D eigenvalue weighted by Gasteiger charge is 2.46. The van der Waals surface area contributed by atoms with Crippen LogP contribution in [0.3, 0.4) is 0 Å². The molecule has 1 fully saturated rings. The Morgan fingerprint density at radius 2 is 1.73 bits per heavy atom. The Kier molecular flexibility index (Phi) is 5.71. The Hall–Kier alpha value is -2.01. The van der Waals surface area contributed by atoms with Crippen LogP contribution in [-0.2, 0) is 4.79 Å². The van der Waals surface area contributed by atoms with Gasteiger partial charge in [0.2, 0.25) is 5.91 Å². The molecule has 0 atom stereocenters. The SMILES string of the molecule is COc1ccc(/C(C)=C/C(=O)N2C(C)(C)CC(N)CC2(C)C)c(OC)c1. The Morgan fingerprint density at radius 1 is 1.15 bits per heavy atom. The molecule has 1 aliphatic rings. The van der Waals surface area contributed by atoms with Gasteiger partial charge in [0.25, 0.3) is 0 Å². The molecule has 1 amide bonds. The van der Waals surface area contributed by atoms with Crippen molar-refractivity contribution in [3.8, 4) is 11.5 Å². The number of nitrogens with zero attached hydrogens (tertiary/aromatic N) is 1. The molecule has 1 aromatic rings. The molecule has 1 aromatic carbocycles. The van der Waals surface area contributed by atoms with E-state index in [9.17, 15) is 4.79 Å². The van der Waals surface area contributed by atoms with E-state index in [0.29, 0.717) is 5.75 Å². The van der Waals surface area contributed by atoms with Gasteiger partial charge in [-0.1, -0.05) is 0 Å².